The number of nitrogens with zero attached hydrogens (tertiary/aromatic N) is 2. The summed E-state index contributed by atoms with van der Waals surface area (Å²) in [5.41, 5.74) is 3.23. The topological polar surface area (TPSA) is 49.9 Å². The molecule has 1 aliphatic carbocycles. The number of hydrogen-bond acceptors (Lipinski definition) is 4. The third-order valence-corrected chi connectivity index (χ3v) is 8.82. The Bertz CT molecular complexity index is 1040. The van der Waals surface area contributed by atoms with Gasteiger partial charge in [0.1, 0.15) is 0 Å². The first-order valence-electron chi connectivity index (χ1n) is 14.0. The lowest BCUT2D eigenvalue weighted by Gasteiger charge is -2.42. The molecule has 2 aromatic rings. The van der Waals surface area contributed by atoms with E-state index in [9.17, 15) is 9.59 Å². The van der Waals surface area contributed by atoms with Crippen LogP contribution < -0.4 is 0 Å². The average Bonchev–Trinajstić information content (AvgIpc) is 3.47. The SMILES string of the molecule is CCOC(=O)C1(c2ccccc2)CCN(CCC2c3ccccc3CCN2C(=O)C2CCCC2)CC1. The molecule has 3 aliphatic rings. The molecule has 0 N–H and O–H groups in total. The second-order valence-electron chi connectivity index (χ2n) is 10.8. The molecule has 1 saturated heterocycles. The normalized spacial score (nSPS) is 22.2. The van der Waals surface area contributed by atoms with Gasteiger partial charge in [0.2, 0.25) is 5.91 Å². The van der Waals surface area contributed by atoms with Crippen molar-refractivity contribution in [1.29, 1.82) is 0 Å². The third kappa shape index (κ3) is 4.95. The van der Waals surface area contributed by atoms with Gasteiger partial charge in [-0.1, -0.05) is 67.4 Å². The number of hydrogen-bond donors (Lipinski definition) is 0. The summed E-state index contributed by atoms with van der Waals surface area (Å²) in [4.78, 5) is 31.3. The fraction of sp³-hybridized carbons (Fsp3) is 0.548. The van der Waals surface area contributed by atoms with Crippen molar-refractivity contribution < 1.29 is 14.3 Å². The van der Waals surface area contributed by atoms with E-state index < -0.39 is 5.41 Å². The summed E-state index contributed by atoms with van der Waals surface area (Å²) >= 11 is 0. The Balaban J connectivity index is 1.29. The quantitative estimate of drug-likeness (QED) is 0.497. The predicted octanol–water partition coefficient (Wildman–Crippen LogP) is 5.29. The van der Waals surface area contributed by atoms with E-state index in [4.69, 9.17) is 4.74 Å². The first-order valence-corrected chi connectivity index (χ1v) is 14.0. The molecule has 0 bridgehead atoms. The molecule has 0 aromatic heterocycles. The summed E-state index contributed by atoms with van der Waals surface area (Å²) < 4.78 is 5.56. The maximum atomic E-state index is 13.5. The second-order valence-corrected chi connectivity index (χ2v) is 10.8. The van der Waals surface area contributed by atoms with Crippen molar-refractivity contribution in [2.45, 2.75) is 69.7 Å². The first-order chi connectivity index (χ1) is 17.6. The minimum Gasteiger partial charge on any atom is -0.465 e. The summed E-state index contributed by atoms with van der Waals surface area (Å²) in [6.07, 6.45) is 7.88. The van der Waals surface area contributed by atoms with Crippen LogP contribution in [0.1, 0.15) is 74.6 Å². The minimum absolute atomic E-state index is 0.0922. The van der Waals surface area contributed by atoms with Crippen LogP contribution in [0, 0.1) is 5.92 Å². The Hall–Kier alpha value is -2.66. The third-order valence-electron chi connectivity index (χ3n) is 8.82. The molecule has 1 unspecified atom stereocenters. The fourth-order valence-corrected chi connectivity index (χ4v) is 6.73. The van der Waals surface area contributed by atoms with Gasteiger partial charge in [0.25, 0.3) is 0 Å². The van der Waals surface area contributed by atoms with Crippen LogP contribution in [-0.4, -0.2) is 54.5 Å². The van der Waals surface area contributed by atoms with Crippen LogP contribution in [0.2, 0.25) is 0 Å². The molecule has 2 heterocycles. The van der Waals surface area contributed by atoms with Crippen molar-refractivity contribution in [2.75, 3.05) is 32.8 Å². The maximum absolute atomic E-state index is 13.5. The molecule has 1 saturated carbocycles. The lowest BCUT2D eigenvalue weighted by atomic mass is 9.72. The van der Waals surface area contributed by atoms with Gasteiger partial charge in [-0.15, -0.1) is 0 Å². The second kappa shape index (κ2) is 11.2. The molecule has 1 amide bonds. The van der Waals surface area contributed by atoms with Crippen LogP contribution in [0.4, 0.5) is 0 Å². The largest absolute Gasteiger partial charge is 0.465 e. The van der Waals surface area contributed by atoms with Gasteiger partial charge < -0.3 is 14.5 Å². The highest BCUT2D eigenvalue weighted by Gasteiger charge is 2.44. The zero-order chi connectivity index (χ0) is 25.0. The number of likely N-dealkylation sites (tertiary alicyclic amines) is 1. The van der Waals surface area contributed by atoms with Gasteiger partial charge >= 0.3 is 5.97 Å². The lowest BCUT2D eigenvalue weighted by Crippen LogP contribution is -2.49. The van der Waals surface area contributed by atoms with E-state index in [2.05, 4.69) is 46.2 Å². The van der Waals surface area contributed by atoms with Crippen LogP contribution in [0.15, 0.2) is 54.6 Å². The van der Waals surface area contributed by atoms with Crippen molar-refractivity contribution in [2.24, 2.45) is 5.92 Å². The van der Waals surface area contributed by atoms with Crippen LogP contribution in [0.5, 0.6) is 0 Å². The molecule has 2 fully saturated rings. The molecule has 36 heavy (non-hydrogen) atoms. The van der Waals surface area contributed by atoms with E-state index in [1.165, 1.54) is 24.0 Å². The summed E-state index contributed by atoms with van der Waals surface area (Å²) in [6.45, 7) is 5.77. The maximum Gasteiger partial charge on any atom is 0.316 e. The molecule has 2 aromatic carbocycles. The predicted molar refractivity (Wildman–Crippen MR) is 142 cm³/mol. The van der Waals surface area contributed by atoms with Gasteiger partial charge in [-0.25, -0.2) is 0 Å². The Morgan fingerprint density at radius 3 is 2.36 bits per heavy atom. The highest BCUT2D eigenvalue weighted by molar-refractivity contribution is 5.83. The van der Waals surface area contributed by atoms with E-state index in [1.807, 2.05) is 25.1 Å². The molecule has 5 nitrogen and oxygen atoms in total. The molecule has 0 radical (unpaired) electrons. The van der Waals surface area contributed by atoms with Crippen LogP contribution in [0.25, 0.3) is 0 Å². The Morgan fingerprint density at radius 2 is 1.64 bits per heavy atom. The standard InChI is InChI=1S/C31H40N2O3/c1-2-36-30(35)31(26-13-4-3-5-14-26)18-22-32(23-19-31)20-17-28-27-15-9-8-10-24(27)16-21-33(28)29(34)25-11-6-7-12-25/h3-5,8-10,13-15,25,28H,2,6-7,11-12,16-23H2,1H3. The van der Waals surface area contributed by atoms with Crippen LogP contribution in [0.3, 0.4) is 0 Å². The zero-order valence-corrected chi connectivity index (χ0v) is 21.7. The molecular weight excluding hydrogens is 448 g/mol. The number of carbonyl (C=O) groups is 2. The van der Waals surface area contributed by atoms with E-state index in [-0.39, 0.29) is 17.9 Å². The summed E-state index contributed by atoms with van der Waals surface area (Å²) in [7, 11) is 0. The Morgan fingerprint density at radius 1 is 0.944 bits per heavy atom. The Kier molecular flexibility index (Phi) is 7.76. The lowest BCUT2D eigenvalue weighted by molar-refractivity contribution is -0.152. The number of benzene rings is 2. The monoisotopic (exact) mass is 488 g/mol. The van der Waals surface area contributed by atoms with Crippen molar-refractivity contribution in [3.05, 3.63) is 71.3 Å². The highest BCUT2D eigenvalue weighted by Crippen LogP contribution is 2.39. The molecule has 2 aliphatic heterocycles. The van der Waals surface area contributed by atoms with Gasteiger partial charge in [0.05, 0.1) is 18.1 Å². The number of ether oxygens (including phenoxy) is 1. The number of amides is 1. The number of rotatable bonds is 7. The van der Waals surface area contributed by atoms with E-state index >= 15 is 0 Å². The Labute approximate surface area is 215 Å². The van der Waals surface area contributed by atoms with Gasteiger partial charge in [-0.2, -0.15) is 0 Å². The summed E-state index contributed by atoms with van der Waals surface area (Å²) in [5, 5.41) is 0. The van der Waals surface area contributed by atoms with E-state index in [0.29, 0.717) is 12.5 Å². The average molecular weight is 489 g/mol. The van der Waals surface area contributed by atoms with Crippen LogP contribution in [-0.2, 0) is 26.2 Å². The van der Waals surface area contributed by atoms with Crippen molar-refractivity contribution in [1.82, 2.24) is 9.80 Å². The molecule has 5 heteroatoms. The molecule has 0 spiro atoms. The molecule has 1 atom stereocenters. The van der Waals surface area contributed by atoms with Crippen molar-refractivity contribution in [3.8, 4) is 0 Å². The zero-order valence-electron chi connectivity index (χ0n) is 21.7. The summed E-state index contributed by atoms with van der Waals surface area (Å²) in [5.74, 6) is 0.491. The minimum atomic E-state index is -0.560. The van der Waals surface area contributed by atoms with E-state index in [0.717, 1.165) is 70.3 Å². The smallest absolute Gasteiger partial charge is 0.316 e. The van der Waals surface area contributed by atoms with Gasteiger partial charge in [0, 0.05) is 19.0 Å². The number of piperidine rings is 1. The van der Waals surface area contributed by atoms with Gasteiger partial charge in [-0.3, -0.25) is 9.59 Å². The first kappa shape index (κ1) is 25.0. The number of carbonyl (C=O) groups excluding carboxylic acids is 2. The molecular formula is C31H40N2O3. The summed E-state index contributed by atoms with van der Waals surface area (Å²) in [6, 6.07) is 19.0. The van der Waals surface area contributed by atoms with Gasteiger partial charge in [0.15, 0.2) is 0 Å². The van der Waals surface area contributed by atoms with Crippen molar-refractivity contribution in [3.63, 3.8) is 0 Å². The molecule has 192 valence electrons. The van der Waals surface area contributed by atoms with Crippen molar-refractivity contribution >= 4 is 11.9 Å². The molecule has 5 rings (SSSR count). The highest BCUT2D eigenvalue weighted by atomic mass is 16.5. The van der Waals surface area contributed by atoms with E-state index in [1.54, 1.807) is 0 Å². The van der Waals surface area contributed by atoms with Crippen LogP contribution >= 0.6 is 0 Å². The number of esters is 1. The fourth-order valence-electron chi connectivity index (χ4n) is 6.73. The number of fused-ring (bicyclic) bond motifs is 1. The van der Waals surface area contributed by atoms with Gasteiger partial charge in [-0.05, 0) is 75.2 Å².